The fourth-order valence-corrected chi connectivity index (χ4v) is 3.18. The molecule has 2 aliphatic heterocycles. The number of hydrogen-bond acceptors (Lipinski definition) is 4. The summed E-state index contributed by atoms with van der Waals surface area (Å²) in [6, 6.07) is 1.48. The van der Waals surface area contributed by atoms with Crippen LogP contribution >= 0.6 is 0 Å². The highest BCUT2D eigenvalue weighted by Crippen LogP contribution is 2.26. The molecule has 2 rings (SSSR count). The number of nitrogens with zero attached hydrogens (tertiary/aromatic N) is 1. The first-order valence-electron chi connectivity index (χ1n) is 7.42. The van der Waals surface area contributed by atoms with Crippen LogP contribution in [0.4, 0.5) is 0 Å². The molecule has 0 saturated carbocycles. The normalized spacial score (nSPS) is 28.1. The van der Waals surface area contributed by atoms with Gasteiger partial charge in [-0.05, 0) is 58.7 Å². The van der Waals surface area contributed by atoms with E-state index in [2.05, 4.69) is 10.2 Å². The van der Waals surface area contributed by atoms with Crippen LogP contribution in [-0.2, 0) is 9.53 Å². The maximum atomic E-state index is 11.2. The molecule has 2 unspecified atom stereocenters. The van der Waals surface area contributed by atoms with Gasteiger partial charge in [-0.1, -0.05) is 0 Å². The number of hydrogen-bond donors (Lipinski definition) is 1. The zero-order valence-electron chi connectivity index (χ0n) is 11.5. The molecule has 2 aliphatic rings. The van der Waals surface area contributed by atoms with E-state index in [4.69, 9.17) is 4.74 Å². The van der Waals surface area contributed by atoms with E-state index < -0.39 is 0 Å². The smallest absolute Gasteiger partial charge is 0.305 e. The van der Waals surface area contributed by atoms with Gasteiger partial charge in [0.05, 0.1) is 6.61 Å². The minimum Gasteiger partial charge on any atom is -0.466 e. The van der Waals surface area contributed by atoms with Crippen molar-refractivity contribution in [3.63, 3.8) is 0 Å². The number of piperidine rings is 1. The molecule has 0 aromatic heterocycles. The van der Waals surface area contributed by atoms with Crippen LogP contribution in [0.25, 0.3) is 0 Å². The summed E-state index contributed by atoms with van der Waals surface area (Å²) >= 11 is 0. The molecule has 0 radical (unpaired) electrons. The van der Waals surface area contributed by atoms with Crippen molar-refractivity contribution in [2.24, 2.45) is 0 Å². The van der Waals surface area contributed by atoms with E-state index >= 15 is 0 Å². The Bertz CT molecular complexity index is 271. The number of carbonyl (C=O) groups is 1. The average Bonchev–Trinajstić information content (AvgIpc) is 2.82. The van der Waals surface area contributed by atoms with Gasteiger partial charge in [0, 0.05) is 18.5 Å². The molecule has 2 saturated heterocycles. The zero-order chi connectivity index (χ0) is 12.8. The third kappa shape index (κ3) is 3.95. The Morgan fingerprint density at radius 1 is 1.39 bits per heavy atom. The summed E-state index contributed by atoms with van der Waals surface area (Å²) in [4.78, 5) is 13.8. The lowest BCUT2D eigenvalue weighted by Gasteiger charge is -2.35. The topological polar surface area (TPSA) is 41.6 Å². The summed E-state index contributed by atoms with van der Waals surface area (Å²) in [6.07, 6.45) is 6.74. The maximum absolute atomic E-state index is 11.2. The van der Waals surface area contributed by atoms with E-state index in [9.17, 15) is 4.79 Å². The predicted octanol–water partition coefficient (Wildman–Crippen LogP) is 1.55. The Morgan fingerprint density at radius 2 is 2.28 bits per heavy atom. The second-order valence-electron chi connectivity index (χ2n) is 5.42. The number of ether oxygens (including phenoxy) is 1. The van der Waals surface area contributed by atoms with Crippen molar-refractivity contribution < 1.29 is 9.53 Å². The molecule has 4 nitrogen and oxygen atoms in total. The minimum atomic E-state index is -0.0649. The monoisotopic (exact) mass is 254 g/mol. The molecule has 0 aliphatic carbocycles. The third-order valence-corrected chi connectivity index (χ3v) is 4.12. The van der Waals surface area contributed by atoms with Gasteiger partial charge in [-0.15, -0.1) is 0 Å². The molecule has 4 heteroatoms. The Kier molecular flexibility index (Phi) is 5.45. The first-order valence-corrected chi connectivity index (χ1v) is 7.42. The van der Waals surface area contributed by atoms with Crippen molar-refractivity contribution in [2.45, 2.75) is 57.5 Å². The second kappa shape index (κ2) is 7.10. The first kappa shape index (κ1) is 13.8. The van der Waals surface area contributed by atoms with Crippen LogP contribution in [0.15, 0.2) is 0 Å². The van der Waals surface area contributed by atoms with Gasteiger partial charge in [0.25, 0.3) is 0 Å². The molecule has 0 amide bonds. The lowest BCUT2D eigenvalue weighted by Crippen LogP contribution is -2.45. The van der Waals surface area contributed by atoms with Gasteiger partial charge in [-0.25, -0.2) is 0 Å². The lowest BCUT2D eigenvalue weighted by atomic mass is 9.97. The summed E-state index contributed by atoms with van der Waals surface area (Å²) in [5, 5.41) is 3.60. The van der Waals surface area contributed by atoms with Crippen LogP contribution < -0.4 is 5.32 Å². The van der Waals surface area contributed by atoms with Gasteiger partial charge in [-0.2, -0.15) is 0 Å². The zero-order valence-corrected chi connectivity index (χ0v) is 11.5. The van der Waals surface area contributed by atoms with E-state index in [1.807, 2.05) is 6.92 Å². The Hall–Kier alpha value is -0.610. The highest BCUT2D eigenvalue weighted by molar-refractivity contribution is 5.69. The van der Waals surface area contributed by atoms with Gasteiger partial charge >= 0.3 is 5.97 Å². The van der Waals surface area contributed by atoms with Crippen molar-refractivity contribution in [3.05, 3.63) is 0 Å². The van der Waals surface area contributed by atoms with Crippen molar-refractivity contribution in [1.82, 2.24) is 10.2 Å². The van der Waals surface area contributed by atoms with Crippen molar-refractivity contribution in [1.29, 1.82) is 0 Å². The van der Waals surface area contributed by atoms with E-state index in [1.54, 1.807) is 0 Å². The maximum Gasteiger partial charge on any atom is 0.305 e. The fraction of sp³-hybridized carbons (Fsp3) is 0.929. The van der Waals surface area contributed by atoms with E-state index in [0.29, 0.717) is 19.1 Å². The van der Waals surface area contributed by atoms with E-state index in [1.165, 1.54) is 38.8 Å². The van der Waals surface area contributed by atoms with Crippen molar-refractivity contribution in [3.8, 4) is 0 Å². The van der Waals surface area contributed by atoms with Crippen LogP contribution in [0.5, 0.6) is 0 Å². The van der Waals surface area contributed by atoms with Crippen LogP contribution in [0.1, 0.15) is 45.4 Å². The Morgan fingerprint density at radius 3 is 3.11 bits per heavy atom. The fourth-order valence-electron chi connectivity index (χ4n) is 3.18. The molecule has 0 aromatic rings. The molecular formula is C14H26N2O2. The molecule has 0 aromatic carbocycles. The molecule has 104 valence electrons. The van der Waals surface area contributed by atoms with Gasteiger partial charge < -0.3 is 15.0 Å². The Balaban J connectivity index is 1.55. The number of rotatable bonds is 6. The predicted molar refractivity (Wildman–Crippen MR) is 71.5 cm³/mol. The number of fused-ring (bicyclic) bond motifs is 1. The molecule has 2 heterocycles. The van der Waals surface area contributed by atoms with Gasteiger partial charge in [0.15, 0.2) is 0 Å². The quantitative estimate of drug-likeness (QED) is 0.577. The molecule has 1 N–H and O–H groups in total. The van der Waals surface area contributed by atoms with Crippen LogP contribution in [0, 0.1) is 0 Å². The standard InChI is InChI=1S/C14H26N2O2/c1-2-18-14(17)6-3-8-15-12-7-10-16-9-4-5-13(16)11-12/h12-13,15H,2-11H2,1H3. The number of carbonyl (C=O) groups excluding carboxylic acids is 1. The van der Waals surface area contributed by atoms with Gasteiger partial charge in [0.1, 0.15) is 0 Å². The number of esters is 1. The molecule has 2 atom stereocenters. The van der Waals surface area contributed by atoms with Gasteiger partial charge in [-0.3, -0.25) is 4.79 Å². The molecule has 0 bridgehead atoms. The summed E-state index contributed by atoms with van der Waals surface area (Å²) in [5.41, 5.74) is 0. The summed E-state index contributed by atoms with van der Waals surface area (Å²) in [7, 11) is 0. The Labute approximate surface area is 110 Å². The highest BCUT2D eigenvalue weighted by atomic mass is 16.5. The second-order valence-corrected chi connectivity index (χ2v) is 5.42. The van der Waals surface area contributed by atoms with Crippen molar-refractivity contribution >= 4 is 5.97 Å². The summed E-state index contributed by atoms with van der Waals surface area (Å²) in [5.74, 6) is -0.0649. The number of nitrogens with one attached hydrogen (secondary N) is 1. The third-order valence-electron chi connectivity index (χ3n) is 4.12. The van der Waals surface area contributed by atoms with E-state index in [-0.39, 0.29) is 5.97 Å². The first-order chi connectivity index (χ1) is 8.79. The largest absolute Gasteiger partial charge is 0.466 e. The van der Waals surface area contributed by atoms with Crippen LogP contribution in [-0.4, -0.2) is 49.2 Å². The van der Waals surface area contributed by atoms with Crippen molar-refractivity contribution in [2.75, 3.05) is 26.2 Å². The van der Waals surface area contributed by atoms with Gasteiger partial charge in [0.2, 0.25) is 0 Å². The highest BCUT2D eigenvalue weighted by Gasteiger charge is 2.31. The minimum absolute atomic E-state index is 0.0649. The average molecular weight is 254 g/mol. The lowest BCUT2D eigenvalue weighted by molar-refractivity contribution is -0.143. The SMILES string of the molecule is CCOC(=O)CCCNC1CCN2CCCC2C1. The molecular weight excluding hydrogens is 228 g/mol. The molecule has 2 fully saturated rings. The van der Waals surface area contributed by atoms with Crippen LogP contribution in [0.3, 0.4) is 0 Å². The molecule has 0 spiro atoms. The molecule has 18 heavy (non-hydrogen) atoms. The summed E-state index contributed by atoms with van der Waals surface area (Å²) < 4.78 is 4.92. The van der Waals surface area contributed by atoms with E-state index in [0.717, 1.165) is 19.0 Å². The van der Waals surface area contributed by atoms with Crippen LogP contribution in [0.2, 0.25) is 0 Å². The summed E-state index contributed by atoms with van der Waals surface area (Å²) in [6.45, 7) is 5.84.